The molecule has 4 atom stereocenters. The van der Waals surface area contributed by atoms with Crippen molar-refractivity contribution in [1.82, 2.24) is 20.4 Å². The van der Waals surface area contributed by atoms with Crippen LogP contribution in [-0.4, -0.2) is 71.4 Å². The third kappa shape index (κ3) is 4.60. The third-order valence-corrected chi connectivity index (χ3v) is 8.53. The minimum atomic E-state index is -1.07. The Kier molecular flexibility index (Phi) is 7.04. The van der Waals surface area contributed by atoms with Gasteiger partial charge < -0.3 is 19.8 Å². The van der Waals surface area contributed by atoms with Crippen molar-refractivity contribution in [3.8, 4) is 10.4 Å². The van der Waals surface area contributed by atoms with Crippen molar-refractivity contribution in [3.05, 3.63) is 52.9 Å². The number of amidine groups is 1. The number of aliphatic imine (C=N–C) groups is 1. The van der Waals surface area contributed by atoms with Crippen molar-refractivity contribution in [3.63, 3.8) is 0 Å². The van der Waals surface area contributed by atoms with Gasteiger partial charge in [0.05, 0.1) is 36.0 Å². The van der Waals surface area contributed by atoms with Crippen LogP contribution in [-0.2, 0) is 15.1 Å². The molecule has 0 bridgehead atoms. The minimum absolute atomic E-state index is 0.0513. The number of aromatic nitrogens is 2. The number of benzene rings is 1. The Morgan fingerprint density at radius 3 is 2.68 bits per heavy atom. The van der Waals surface area contributed by atoms with Crippen LogP contribution in [0.5, 0.6) is 0 Å². The number of carbonyl (C=O) groups is 2. The topological polar surface area (TPSA) is 121 Å². The molecule has 2 N–H and O–H groups in total. The molecular weight excluding hydrogens is 500 g/mol. The molecule has 0 spiro atoms. The maximum absolute atomic E-state index is 13.8. The zero-order chi connectivity index (χ0) is 27.2. The van der Waals surface area contributed by atoms with E-state index in [-0.39, 0.29) is 24.3 Å². The van der Waals surface area contributed by atoms with Gasteiger partial charge in [0.15, 0.2) is 0 Å². The molecule has 38 heavy (non-hydrogen) atoms. The maximum atomic E-state index is 13.8. The zero-order valence-corrected chi connectivity index (χ0v) is 23.1. The van der Waals surface area contributed by atoms with Gasteiger partial charge in [-0.1, -0.05) is 43.3 Å². The third-order valence-electron chi connectivity index (χ3n) is 7.55. The van der Waals surface area contributed by atoms with Crippen LogP contribution in [0.25, 0.3) is 10.4 Å². The maximum Gasteiger partial charge on any atom is 0.277 e. The van der Waals surface area contributed by atoms with Crippen LogP contribution in [0.1, 0.15) is 50.1 Å². The van der Waals surface area contributed by atoms with Crippen LogP contribution in [0.3, 0.4) is 0 Å². The van der Waals surface area contributed by atoms with Gasteiger partial charge in [0.25, 0.3) is 5.91 Å². The fourth-order valence-electron chi connectivity index (χ4n) is 5.32. The van der Waals surface area contributed by atoms with E-state index in [1.54, 1.807) is 23.2 Å². The summed E-state index contributed by atoms with van der Waals surface area (Å²) in [5.41, 5.74) is 4.32. The van der Waals surface area contributed by atoms with Gasteiger partial charge in [0.2, 0.25) is 5.91 Å². The van der Waals surface area contributed by atoms with Gasteiger partial charge >= 0.3 is 0 Å². The van der Waals surface area contributed by atoms with Crippen LogP contribution < -0.4 is 10.9 Å². The van der Waals surface area contributed by atoms with Crippen LogP contribution >= 0.6 is 11.3 Å². The first-order valence-electron chi connectivity index (χ1n) is 13.0. The molecule has 3 aromatic rings. The zero-order valence-electron chi connectivity index (χ0n) is 22.3. The standard InChI is InChI=1S/C26H31B2N5O4S/c1-13(2)21(19-10-20(28-27)32-37-19)24(35)33-11-17(34)9-18(33)23-30-25(36)26(4,31-23)16-7-5-15(6-8-16)22-14(3)29-12-38-22/h5-8,10,12-13,17-18,21,28,34H,9,11,27H2,1-4H3,(H,30,31,36)/t17-,18+,21?,26?/m1/s1. The molecule has 2 unspecified atom stereocenters. The van der Waals surface area contributed by atoms with Gasteiger partial charge in [-0.25, -0.2) is 4.98 Å². The number of nitrogens with one attached hydrogen (secondary N) is 1. The molecule has 2 aliphatic rings. The van der Waals surface area contributed by atoms with Gasteiger partial charge in [-0.05, 0) is 37.0 Å². The normalized spacial score (nSPS) is 24.0. The van der Waals surface area contributed by atoms with Gasteiger partial charge in [-0.15, -0.1) is 11.3 Å². The van der Waals surface area contributed by atoms with E-state index < -0.39 is 23.6 Å². The predicted molar refractivity (Wildman–Crippen MR) is 151 cm³/mol. The molecule has 9 nitrogen and oxygen atoms in total. The molecule has 1 saturated heterocycles. The average molecular weight is 531 g/mol. The lowest BCUT2D eigenvalue weighted by Gasteiger charge is -2.31. The molecule has 12 heteroatoms. The van der Waals surface area contributed by atoms with Crippen molar-refractivity contribution < 1.29 is 19.2 Å². The number of likely N-dealkylation sites (tertiary alicyclic amines) is 1. The van der Waals surface area contributed by atoms with E-state index in [4.69, 9.17) is 4.52 Å². The quantitative estimate of drug-likeness (QED) is 0.434. The monoisotopic (exact) mass is 531 g/mol. The summed E-state index contributed by atoms with van der Waals surface area (Å²) in [5.74, 6) is -0.187. The summed E-state index contributed by atoms with van der Waals surface area (Å²) in [6.07, 6.45) is -0.419. The molecule has 2 aliphatic heterocycles. The Hall–Kier alpha value is -3.24. The number of amides is 2. The van der Waals surface area contributed by atoms with Crippen molar-refractivity contribution >= 4 is 49.5 Å². The number of aryl methyl sites for hydroxylation is 1. The molecule has 1 aromatic carbocycles. The number of nitrogens with zero attached hydrogens (tertiary/aromatic N) is 4. The average Bonchev–Trinajstić information content (AvgIpc) is 3.67. The van der Waals surface area contributed by atoms with Crippen molar-refractivity contribution in [2.24, 2.45) is 10.9 Å². The number of hydrogen-bond acceptors (Lipinski definition) is 8. The van der Waals surface area contributed by atoms with E-state index in [0.717, 1.165) is 27.3 Å². The first-order valence-corrected chi connectivity index (χ1v) is 13.9. The van der Waals surface area contributed by atoms with Crippen molar-refractivity contribution in [2.45, 2.75) is 57.7 Å². The van der Waals surface area contributed by atoms with Gasteiger partial charge in [-0.3, -0.25) is 9.59 Å². The lowest BCUT2D eigenvalue weighted by atomic mass is 9.53. The van der Waals surface area contributed by atoms with E-state index in [2.05, 4.69) is 20.4 Å². The van der Waals surface area contributed by atoms with Gasteiger partial charge in [-0.2, -0.15) is 4.99 Å². The van der Waals surface area contributed by atoms with Crippen LogP contribution in [0.15, 0.2) is 45.4 Å². The van der Waals surface area contributed by atoms with E-state index >= 15 is 0 Å². The minimum Gasteiger partial charge on any atom is -0.391 e. The molecule has 2 amide bonds. The number of rotatable bonds is 7. The van der Waals surface area contributed by atoms with E-state index in [9.17, 15) is 14.7 Å². The molecule has 5 rings (SSSR count). The second-order valence-corrected chi connectivity index (χ2v) is 11.4. The SMILES string of the molecule is BBc1cc(C(C(=O)N2C[C@H](O)C[C@H]2C2=NC(=O)C(C)(c3ccc(-c4scnc4C)cc3)N2)C(C)C)on1. The summed E-state index contributed by atoms with van der Waals surface area (Å²) in [6, 6.07) is 9.10. The first-order chi connectivity index (χ1) is 18.1. The number of β-amino-alcohol motifs (C(OH)–C–C–N with tert-alkyl or cyclic N) is 1. The molecular formula is C26H31B2N5O4S. The summed E-state index contributed by atoms with van der Waals surface area (Å²) >= 11 is 1.58. The van der Waals surface area contributed by atoms with E-state index in [1.165, 1.54) is 0 Å². The smallest absolute Gasteiger partial charge is 0.277 e. The lowest BCUT2D eigenvalue weighted by molar-refractivity contribution is -0.134. The van der Waals surface area contributed by atoms with Gasteiger partial charge in [0.1, 0.15) is 30.2 Å². The Labute approximate surface area is 227 Å². The summed E-state index contributed by atoms with van der Waals surface area (Å²) < 4.78 is 5.54. The molecule has 1 fully saturated rings. The van der Waals surface area contributed by atoms with E-state index in [1.807, 2.05) is 64.4 Å². The number of aliphatic hydroxyl groups excluding tert-OH is 1. The first kappa shape index (κ1) is 26.4. The highest BCUT2D eigenvalue weighted by atomic mass is 32.1. The molecule has 2 aromatic heterocycles. The lowest BCUT2D eigenvalue weighted by Crippen LogP contribution is -2.51. The molecule has 0 saturated carbocycles. The second-order valence-electron chi connectivity index (χ2n) is 10.6. The number of carbonyl (C=O) groups excluding carboxylic acids is 2. The van der Waals surface area contributed by atoms with Crippen LogP contribution in [0, 0.1) is 12.8 Å². The molecule has 0 radical (unpaired) electrons. The fourth-order valence-corrected chi connectivity index (χ4v) is 6.13. The Morgan fingerprint density at radius 1 is 1.34 bits per heavy atom. The highest BCUT2D eigenvalue weighted by Crippen LogP contribution is 2.35. The van der Waals surface area contributed by atoms with Gasteiger partial charge in [0, 0.05) is 18.6 Å². The van der Waals surface area contributed by atoms with Crippen LogP contribution in [0.2, 0.25) is 0 Å². The van der Waals surface area contributed by atoms with Crippen molar-refractivity contribution in [2.75, 3.05) is 6.54 Å². The summed E-state index contributed by atoms with van der Waals surface area (Å²) in [6.45, 7) is 7.86. The molecule has 196 valence electrons. The Bertz CT molecular complexity index is 1390. The molecule has 0 aliphatic carbocycles. The predicted octanol–water partition coefficient (Wildman–Crippen LogP) is 0.862. The fraction of sp³-hybridized carbons (Fsp3) is 0.423. The highest BCUT2D eigenvalue weighted by Gasteiger charge is 2.48. The molecule has 4 heterocycles. The Balaban J connectivity index is 1.39. The number of hydrogen-bond donors (Lipinski definition) is 2. The van der Waals surface area contributed by atoms with Crippen LogP contribution in [0.4, 0.5) is 0 Å². The summed E-state index contributed by atoms with van der Waals surface area (Å²) in [7, 11) is 2.69. The highest BCUT2D eigenvalue weighted by molar-refractivity contribution is 7.13. The summed E-state index contributed by atoms with van der Waals surface area (Å²) in [5, 5.41) is 18.0. The largest absolute Gasteiger partial charge is 0.391 e. The Morgan fingerprint density at radius 2 is 2.08 bits per heavy atom. The second kappa shape index (κ2) is 10.1. The van der Waals surface area contributed by atoms with E-state index in [0.29, 0.717) is 25.2 Å². The number of thiazole rings is 1. The summed E-state index contributed by atoms with van der Waals surface area (Å²) in [4.78, 5) is 38.5. The number of aliphatic hydroxyl groups is 1. The van der Waals surface area contributed by atoms with Crippen molar-refractivity contribution in [1.29, 1.82) is 0 Å².